The van der Waals surface area contributed by atoms with Crippen LogP contribution in [0.25, 0.3) is 0 Å². The van der Waals surface area contributed by atoms with Gasteiger partial charge >= 0.3 is 0 Å². The first-order chi connectivity index (χ1) is 8.75. The molecule has 1 heterocycles. The highest BCUT2D eigenvalue weighted by atomic mass is 16.5. The third kappa shape index (κ3) is 5.80. The second-order valence-corrected chi connectivity index (χ2v) is 4.67. The highest BCUT2D eigenvalue weighted by Gasteiger charge is 2.21. The van der Waals surface area contributed by atoms with Crippen LogP contribution in [0.4, 0.5) is 0 Å². The molecular weight excluding hydrogens is 232 g/mol. The predicted octanol–water partition coefficient (Wildman–Crippen LogP) is 0.640. The summed E-state index contributed by atoms with van der Waals surface area (Å²) in [6.07, 6.45) is 3.52. The number of hydrogen-bond acceptors (Lipinski definition) is 4. The highest BCUT2D eigenvalue weighted by Crippen LogP contribution is 2.09. The van der Waals surface area contributed by atoms with Crippen LogP contribution < -0.4 is 5.32 Å². The van der Waals surface area contributed by atoms with Crippen LogP contribution in [0, 0.1) is 0 Å². The minimum atomic E-state index is -0.117. The maximum absolute atomic E-state index is 12.1. The number of hydrogen-bond donors (Lipinski definition) is 1. The van der Waals surface area contributed by atoms with E-state index in [-0.39, 0.29) is 11.9 Å². The van der Waals surface area contributed by atoms with Crippen LogP contribution in [0.1, 0.15) is 26.2 Å². The normalized spacial score (nSPS) is 17.8. The van der Waals surface area contributed by atoms with Crippen molar-refractivity contribution < 1.29 is 14.3 Å². The Hall–Kier alpha value is -0.650. The molecule has 0 bridgehead atoms. The molecule has 0 aromatic carbocycles. The second kappa shape index (κ2) is 9.30. The van der Waals surface area contributed by atoms with Crippen LogP contribution >= 0.6 is 0 Å². The molecule has 1 amide bonds. The number of carbonyl (C=O) groups is 1. The number of rotatable bonds is 8. The van der Waals surface area contributed by atoms with Gasteiger partial charge in [-0.2, -0.15) is 0 Å². The zero-order chi connectivity index (χ0) is 13.2. The number of ether oxygens (including phenoxy) is 2. The molecule has 5 heteroatoms. The number of amides is 1. The van der Waals surface area contributed by atoms with Gasteiger partial charge < -0.3 is 19.7 Å². The average Bonchev–Trinajstić information content (AvgIpc) is 2.42. The van der Waals surface area contributed by atoms with E-state index in [4.69, 9.17) is 9.47 Å². The molecule has 1 rings (SSSR count). The number of carbonyl (C=O) groups excluding carboxylic acids is 1. The van der Waals surface area contributed by atoms with E-state index in [0.29, 0.717) is 26.4 Å². The Labute approximate surface area is 110 Å². The van der Waals surface area contributed by atoms with Gasteiger partial charge in [0, 0.05) is 26.7 Å². The molecule has 1 aliphatic heterocycles. The van der Waals surface area contributed by atoms with Crippen molar-refractivity contribution >= 4 is 5.91 Å². The van der Waals surface area contributed by atoms with E-state index in [2.05, 4.69) is 5.32 Å². The Bertz CT molecular complexity index is 230. The first-order valence-corrected chi connectivity index (χ1v) is 6.84. The fourth-order valence-corrected chi connectivity index (χ4v) is 2.07. The first-order valence-electron chi connectivity index (χ1n) is 6.84. The van der Waals surface area contributed by atoms with Crippen molar-refractivity contribution in [2.45, 2.75) is 32.2 Å². The van der Waals surface area contributed by atoms with E-state index in [9.17, 15) is 4.79 Å². The van der Waals surface area contributed by atoms with Crippen molar-refractivity contribution in [2.75, 3.05) is 46.6 Å². The number of piperidine rings is 1. The van der Waals surface area contributed by atoms with Gasteiger partial charge in [0.05, 0.1) is 25.9 Å². The van der Waals surface area contributed by atoms with Crippen LogP contribution in [-0.4, -0.2) is 63.4 Å². The van der Waals surface area contributed by atoms with Gasteiger partial charge in [0.2, 0.25) is 5.91 Å². The molecule has 0 saturated carbocycles. The van der Waals surface area contributed by atoms with E-state index in [0.717, 1.165) is 25.9 Å². The van der Waals surface area contributed by atoms with Gasteiger partial charge in [-0.1, -0.05) is 0 Å². The standard InChI is InChI=1S/C13H26N2O3/c1-12(14-6-9-18-11-10-17-2)13(16)15-7-4-3-5-8-15/h12,14H,3-11H2,1-2H3. The van der Waals surface area contributed by atoms with Gasteiger partial charge in [-0.15, -0.1) is 0 Å². The third-order valence-corrected chi connectivity index (χ3v) is 3.17. The number of likely N-dealkylation sites (tertiary alicyclic amines) is 1. The topological polar surface area (TPSA) is 50.8 Å². The first kappa shape index (κ1) is 15.4. The van der Waals surface area contributed by atoms with E-state index in [1.165, 1.54) is 6.42 Å². The zero-order valence-electron chi connectivity index (χ0n) is 11.6. The molecule has 1 N–H and O–H groups in total. The van der Waals surface area contributed by atoms with E-state index >= 15 is 0 Å². The van der Waals surface area contributed by atoms with Gasteiger partial charge in [-0.25, -0.2) is 0 Å². The molecule has 1 saturated heterocycles. The van der Waals surface area contributed by atoms with Crippen molar-refractivity contribution in [1.29, 1.82) is 0 Å². The molecule has 0 aromatic rings. The van der Waals surface area contributed by atoms with Crippen LogP contribution in [-0.2, 0) is 14.3 Å². The number of nitrogens with one attached hydrogen (secondary N) is 1. The molecule has 1 unspecified atom stereocenters. The fourth-order valence-electron chi connectivity index (χ4n) is 2.07. The number of methoxy groups -OCH3 is 1. The van der Waals surface area contributed by atoms with E-state index in [1.54, 1.807) is 7.11 Å². The zero-order valence-corrected chi connectivity index (χ0v) is 11.6. The molecule has 0 aliphatic carbocycles. The Morgan fingerprint density at radius 2 is 1.94 bits per heavy atom. The van der Waals surface area contributed by atoms with Crippen molar-refractivity contribution in [3.63, 3.8) is 0 Å². The second-order valence-electron chi connectivity index (χ2n) is 4.67. The lowest BCUT2D eigenvalue weighted by molar-refractivity contribution is -0.134. The Morgan fingerprint density at radius 1 is 1.22 bits per heavy atom. The van der Waals surface area contributed by atoms with E-state index < -0.39 is 0 Å². The maximum Gasteiger partial charge on any atom is 0.239 e. The summed E-state index contributed by atoms with van der Waals surface area (Å²) in [5.41, 5.74) is 0. The summed E-state index contributed by atoms with van der Waals surface area (Å²) in [6.45, 7) is 6.27. The molecule has 18 heavy (non-hydrogen) atoms. The van der Waals surface area contributed by atoms with Crippen molar-refractivity contribution in [1.82, 2.24) is 10.2 Å². The molecule has 0 aromatic heterocycles. The quantitative estimate of drug-likeness (QED) is 0.649. The minimum Gasteiger partial charge on any atom is -0.382 e. The minimum absolute atomic E-state index is 0.117. The lowest BCUT2D eigenvalue weighted by Crippen LogP contribution is -2.47. The summed E-state index contributed by atoms with van der Waals surface area (Å²) in [5, 5.41) is 3.20. The summed E-state index contributed by atoms with van der Waals surface area (Å²) in [5.74, 6) is 0.214. The van der Waals surface area contributed by atoms with Crippen molar-refractivity contribution in [2.24, 2.45) is 0 Å². The van der Waals surface area contributed by atoms with Crippen molar-refractivity contribution in [3.8, 4) is 0 Å². The van der Waals surface area contributed by atoms with Gasteiger partial charge in [0.1, 0.15) is 0 Å². The van der Waals surface area contributed by atoms with Gasteiger partial charge in [-0.05, 0) is 26.2 Å². The number of nitrogens with zero attached hydrogens (tertiary/aromatic N) is 1. The lowest BCUT2D eigenvalue weighted by Gasteiger charge is -2.29. The fraction of sp³-hybridized carbons (Fsp3) is 0.923. The third-order valence-electron chi connectivity index (χ3n) is 3.17. The lowest BCUT2D eigenvalue weighted by atomic mass is 10.1. The highest BCUT2D eigenvalue weighted by molar-refractivity contribution is 5.81. The smallest absolute Gasteiger partial charge is 0.239 e. The monoisotopic (exact) mass is 258 g/mol. The molecule has 1 aliphatic rings. The van der Waals surface area contributed by atoms with Crippen molar-refractivity contribution in [3.05, 3.63) is 0 Å². The molecule has 0 spiro atoms. The van der Waals surface area contributed by atoms with Crippen LogP contribution in [0.15, 0.2) is 0 Å². The van der Waals surface area contributed by atoms with Gasteiger partial charge in [0.25, 0.3) is 0 Å². The van der Waals surface area contributed by atoms with Crippen LogP contribution in [0.2, 0.25) is 0 Å². The molecular formula is C13H26N2O3. The SMILES string of the molecule is COCCOCCNC(C)C(=O)N1CCCCC1. The summed E-state index contributed by atoms with van der Waals surface area (Å²) in [6, 6.07) is -0.117. The summed E-state index contributed by atoms with van der Waals surface area (Å²) in [7, 11) is 1.65. The average molecular weight is 258 g/mol. The molecule has 5 nitrogen and oxygen atoms in total. The molecule has 1 atom stereocenters. The summed E-state index contributed by atoms with van der Waals surface area (Å²) in [4.78, 5) is 14.0. The van der Waals surface area contributed by atoms with Gasteiger partial charge in [-0.3, -0.25) is 4.79 Å². The summed E-state index contributed by atoms with van der Waals surface area (Å²) < 4.78 is 10.2. The Kier molecular flexibility index (Phi) is 7.96. The Balaban J connectivity index is 2.07. The molecule has 106 valence electrons. The maximum atomic E-state index is 12.1. The molecule has 0 radical (unpaired) electrons. The molecule has 1 fully saturated rings. The predicted molar refractivity (Wildman–Crippen MR) is 70.6 cm³/mol. The van der Waals surface area contributed by atoms with Crippen LogP contribution in [0.3, 0.4) is 0 Å². The Morgan fingerprint density at radius 3 is 2.61 bits per heavy atom. The summed E-state index contributed by atoms with van der Waals surface area (Å²) >= 11 is 0. The van der Waals surface area contributed by atoms with E-state index in [1.807, 2.05) is 11.8 Å². The van der Waals surface area contributed by atoms with Gasteiger partial charge in [0.15, 0.2) is 0 Å². The largest absolute Gasteiger partial charge is 0.382 e. The van der Waals surface area contributed by atoms with Crippen LogP contribution in [0.5, 0.6) is 0 Å².